The average Bonchev–Trinajstić information content (AvgIpc) is 2.89. The Labute approximate surface area is 120 Å². The summed E-state index contributed by atoms with van der Waals surface area (Å²) in [4.78, 5) is 16.5. The van der Waals surface area contributed by atoms with E-state index in [-0.39, 0.29) is 11.8 Å². The fourth-order valence-electron chi connectivity index (χ4n) is 3.15. The van der Waals surface area contributed by atoms with Crippen LogP contribution >= 0.6 is 0 Å². The number of terminal acetylenes is 1. The molecule has 3 nitrogen and oxygen atoms in total. The van der Waals surface area contributed by atoms with E-state index < -0.39 is 0 Å². The molecule has 0 radical (unpaired) electrons. The van der Waals surface area contributed by atoms with Crippen molar-refractivity contribution < 1.29 is 4.79 Å². The Hall–Kier alpha value is -1.95. The van der Waals surface area contributed by atoms with Crippen molar-refractivity contribution in [1.82, 2.24) is 0 Å². The van der Waals surface area contributed by atoms with Crippen LogP contribution < -0.4 is 9.80 Å². The normalized spacial score (nSPS) is 22.9. The lowest BCUT2D eigenvalue weighted by Gasteiger charge is -2.32. The molecule has 0 spiro atoms. The number of para-hydroxylation sites is 2. The Morgan fingerprint density at radius 3 is 2.45 bits per heavy atom. The number of amides is 1. The smallest absolute Gasteiger partial charge is 0.228 e. The van der Waals surface area contributed by atoms with Gasteiger partial charge in [0.2, 0.25) is 5.91 Å². The minimum atomic E-state index is 0.0527. The van der Waals surface area contributed by atoms with Crippen molar-refractivity contribution in [2.45, 2.75) is 25.7 Å². The highest BCUT2D eigenvalue weighted by Gasteiger charge is 2.31. The lowest BCUT2D eigenvalue weighted by Crippen LogP contribution is -2.32. The van der Waals surface area contributed by atoms with Gasteiger partial charge in [0.25, 0.3) is 0 Å². The fraction of sp³-hybridized carbons (Fsp3) is 0.471. The second kappa shape index (κ2) is 5.58. The zero-order valence-corrected chi connectivity index (χ0v) is 11.7. The molecule has 1 amide bonds. The summed E-state index contributed by atoms with van der Waals surface area (Å²) in [6.45, 7) is 2.81. The van der Waals surface area contributed by atoms with Crippen LogP contribution in [0, 0.1) is 18.3 Å². The van der Waals surface area contributed by atoms with E-state index in [0.717, 1.165) is 18.8 Å². The summed E-state index contributed by atoms with van der Waals surface area (Å²) >= 11 is 0. The molecule has 1 atom stereocenters. The molecule has 104 valence electrons. The third kappa shape index (κ3) is 2.38. The monoisotopic (exact) mass is 268 g/mol. The molecule has 1 aromatic carbocycles. The number of carbonyl (C=O) groups excluding carboxylic acids is 1. The second-order valence-electron chi connectivity index (χ2n) is 5.61. The van der Waals surface area contributed by atoms with Gasteiger partial charge in [0.15, 0.2) is 0 Å². The van der Waals surface area contributed by atoms with Gasteiger partial charge in [-0.25, -0.2) is 0 Å². The summed E-state index contributed by atoms with van der Waals surface area (Å²) in [5.74, 6) is 2.92. The summed E-state index contributed by atoms with van der Waals surface area (Å²) in [7, 11) is 0. The predicted octanol–water partition coefficient (Wildman–Crippen LogP) is 2.66. The number of piperidine rings is 1. The molecule has 0 saturated carbocycles. The number of nitrogens with zero attached hydrogens (tertiary/aromatic N) is 2. The number of hydrogen-bond acceptors (Lipinski definition) is 2. The van der Waals surface area contributed by atoms with Crippen LogP contribution in [-0.2, 0) is 4.79 Å². The van der Waals surface area contributed by atoms with Crippen molar-refractivity contribution in [3.8, 4) is 12.3 Å². The second-order valence-corrected chi connectivity index (χ2v) is 5.61. The number of hydrogen-bond donors (Lipinski definition) is 0. The van der Waals surface area contributed by atoms with Gasteiger partial charge in [-0.05, 0) is 31.4 Å². The Bertz CT molecular complexity index is 540. The van der Waals surface area contributed by atoms with Crippen molar-refractivity contribution in [1.29, 1.82) is 0 Å². The first-order valence-electron chi connectivity index (χ1n) is 7.40. The number of carbonyl (C=O) groups is 1. The Kier molecular flexibility index (Phi) is 3.64. The van der Waals surface area contributed by atoms with Crippen LogP contribution in [0.4, 0.5) is 11.4 Å². The first-order valence-corrected chi connectivity index (χ1v) is 7.40. The number of rotatable bonds is 2. The standard InChI is InChI=1S/C17H20N2O/c1-2-14-12-17(20)19(13-14)16-9-5-4-8-15(16)18-10-6-3-7-11-18/h1,4-5,8-9,14H,3,6-7,10-13H2. The first kappa shape index (κ1) is 13.1. The topological polar surface area (TPSA) is 23.6 Å². The maximum Gasteiger partial charge on any atom is 0.228 e. The molecule has 3 heteroatoms. The van der Waals surface area contributed by atoms with Crippen molar-refractivity contribution in [2.75, 3.05) is 29.4 Å². The van der Waals surface area contributed by atoms with Crippen molar-refractivity contribution in [3.63, 3.8) is 0 Å². The van der Waals surface area contributed by atoms with E-state index >= 15 is 0 Å². The maximum atomic E-state index is 12.2. The minimum Gasteiger partial charge on any atom is -0.370 e. The molecular weight excluding hydrogens is 248 g/mol. The lowest BCUT2D eigenvalue weighted by atomic mass is 10.1. The summed E-state index contributed by atoms with van der Waals surface area (Å²) in [5.41, 5.74) is 2.20. The predicted molar refractivity (Wildman–Crippen MR) is 81.8 cm³/mol. The third-order valence-electron chi connectivity index (χ3n) is 4.23. The minimum absolute atomic E-state index is 0.0527. The van der Waals surface area contributed by atoms with Crippen LogP contribution in [0.5, 0.6) is 0 Å². The van der Waals surface area contributed by atoms with Crippen LogP contribution in [0.15, 0.2) is 24.3 Å². The molecule has 1 aromatic rings. The van der Waals surface area contributed by atoms with Gasteiger partial charge in [0, 0.05) is 32.0 Å². The van der Waals surface area contributed by atoms with Gasteiger partial charge in [-0.2, -0.15) is 0 Å². The van der Waals surface area contributed by atoms with E-state index in [4.69, 9.17) is 6.42 Å². The van der Waals surface area contributed by atoms with Gasteiger partial charge < -0.3 is 9.80 Å². The Morgan fingerprint density at radius 2 is 1.80 bits per heavy atom. The van der Waals surface area contributed by atoms with Gasteiger partial charge in [-0.15, -0.1) is 12.3 Å². The fourth-order valence-corrected chi connectivity index (χ4v) is 3.15. The molecule has 2 saturated heterocycles. The molecule has 2 aliphatic heterocycles. The molecule has 20 heavy (non-hydrogen) atoms. The van der Waals surface area contributed by atoms with Crippen LogP contribution in [-0.4, -0.2) is 25.5 Å². The van der Waals surface area contributed by atoms with Crippen molar-refractivity contribution in [2.24, 2.45) is 5.92 Å². The van der Waals surface area contributed by atoms with Gasteiger partial charge in [-0.3, -0.25) is 4.79 Å². The van der Waals surface area contributed by atoms with Crippen LogP contribution in [0.3, 0.4) is 0 Å². The highest BCUT2D eigenvalue weighted by Crippen LogP contribution is 2.34. The van der Waals surface area contributed by atoms with Crippen LogP contribution in [0.25, 0.3) is 0 Å². The van der Waals surface area contributed by atoms with E-state index in [2.05, 4.69) is 16.9 Å². The number of benzene rings is 1. The van der Waals surface area contributed by atoms with Crippen molar-refractivity contribution in [3.05, 3.63) is 24.3 Å². The zero-order valence-electron chi connectivity index (χ0n) is 11.7. The summed E-state index contributed by atoms with van der Waals surface area (Å²) < 4.78 is 0. The maximum absolute atomic E-state index is 12.2. The van der Waals surface area contributed by atoms with Gasteiger partial charge in [0.1, 0.15) is 0 Å². The molecular formula is C17H20N2O. The molecule has 3 rings (SSSR count). The van der Waals surface area contributed by atoms with E-state index in [9.17, 15) is 4.79 Å². The summed E-state index contributed by atoms with van der Waals surface area (Å²) in [6.07, 6.45) is 9.72. The van der Waals surface area contributed by atoms with Crippen LogP contribution in [0.2, 0.25) is 0 Å². The van der Waals surface area contributed by atoms with E-state index in [1.54, 1.807) is 0 Å². The Balaban J connectivity index is 1.90. The van der Waals surface area contributed by atoms with E-state index in [0.29, 0.717) is 13.0 Å². The molecule has 0 N–H and O–H groups in total. The Morgan fingerprint density at radius 1 is 1.10 bits per heavy atom. The van der Waals surface area contributed by atoms with Crippen LogP contribution in [0.1, 0.15) is 25.7 Å². The molecule has 0 aromatic heterocycles. The average molecular weight is 268 g/mol. The lowest BCUT2D eigenvalue weighted by molar-refractivity contribution is -0.117. The van der Waals surface area contributed by atoms with Crippen molar-refractivity contribution >= 4 is 17.3 Å². The van der Waals surface area contributed by atoms with Gasteiger partial charge >= 0.3 is 0 Å². The zero-order chi connectivity index (χ0) is 13.9. The summed E-state index contributed by atoms with van der Waals surface area (Å²) in [5, 5.41) is 0. The molecule has 2 fully saturated rings. The molecule has 0 bridgehead atoms. The van der Waals surface area contributed by atoms with E-state index in [1.165, 1.54) is 24.9 Å². The SMILES string of the molecule is C#CC1CC(=O)N(c2ccccc2N2CCCCC2)C1. The van der Waals surface area contributed by atoms with Gasteiger partial charge in [-0.1, -0.05) is 12.1 Å². The highest BCUT2D eigenvalue weighted by molar-refractivity contribution is 5.99. The molecule has 2 heterocycles. The molecule has 1 unspecified atom stereocenters. The highest BCUT2D eigenvalue weighted by atomic mass is 16.2. The molecule has 0 aliphatic carbocycles. The van der Waals surface area contributed by atoms with Gasteiger partial charge in [0.05, 0.1) is 11.4 Å². The third-order valence-corrected chi connectivity index (χ3v) is 4.23. The van der Waals surface area contributed by atoms with E-state index in [1.807, 2.05) is 23.1 Å². The quantitative estimate of drug-likeness (QED) is 0.770. The summed E-state index contributed by atoms with van der Waals surface area (Å²) in [6, 6.07) is 8.21. The first-order chi connectivity index (χ1) is 9.79. The molecule has 2 aliphatic rings. The number of anilines is 2. The largest absolute Gasteiger partial charge is 0.370 e.